The molecule has 0 saturated carbocycles. The summed E-state index contributed by atoms with van der Waals surface area (Å²) in [7, 11) is -4.05. The standard InChI is InChI=1S/C21H16F3NO2S/c1-15-7-13-19(14-8-15)28(26,27)25-20(16-5-3-2-4-6-16)17-9-11-18(12-10-17)21(22,23)24/h2-14H,1H3/b25-20+. The Bertz CT molecular complexity index is 1090. The molecule has 144 valence electrons. The van der Waals surface area contributed by atoms with Crippen LogP contribution in [0.25, 0.3) is 0 Å². The van der Waals surface area contributed by atoms with Crippen LogP contribution in [0.5, 0.6) is 0 Å². The smallest absolute Gasteiger partial charge is 0.199 e. The van der Waals surface area contributed by atoms with Gasteiger partial charge in [-0.05, 0) is 31.2 Å². The second kappa shape index (κ2) is 7.59. The van der Waals surface area contributed by atoms with Crippen LogP contribution in [-0.4, -0.2) is 14.1 Å². The third-order valence-electron chi connectivity index (χ3n) is 4.06. The zero-order valence-electron chi connectivity index (χ0n) is 14.8. The molecule has 0 unspecified atom stereocenters. The van der Waals surface area contributed by atoms with Gasteiger partial charge in [0.05, 0.1) is 16.2 Å². The van der Waals surface area contributed by atoms with Crippen molar-refractivity contribution in [3.05, 3.63) is 101 Å². The second-order valence-corrected chi connectivity index (χ2v) is 7.77. The maximum Gasteiger partial charge on any atom is 0.416 e. The van der Waals surface area contributed by atoms with Crippen LogP contribution in [0, 0.1) is 6.92 Å². The Morgan fingerprint density at radius 2 is 1.32 bits per heavy atom. The molecule has 0 fully saturated rings. The molecule has 28 heavy (non-hydrogen) atoms. The number of sulfonamides is 1. The van der Waals surface area contributed by atoms with E-state index >= 15 is 0 Å². The van der Waals surface area contributed by atoms with Gasteiger partial charge in [-0.2, -0.15) is 26.0 Å². The molecule has 0 amide bonds. The minimum Gasteiger partial charge on any atom is -0.199 e. The number of alkyl halides is 3. The molecule has 0 radical (unpaired) electrons. The molecule has 0 bridgehead atoms. The topological polar surface area (TPSA) is 46.5 Å². The fraction of sp³-hybridized carbons (Fsp3) is 0.0952. The van der Waals surface area contributed by atoms with Crippen molar-refractivity contribution in [2.75, 3.05) is 0 Å². The summed E-state index contributed by atoms with van der Waals surface area (Å²) >= 11 is 0. The van der Waals surface area contributed by atoms with E-state index in [1.165, 1.54) is 24.3 Å². The summed E-state index contributed by atoms with van der Waals surface area (Å²) < 4.78 is 68.0. The van der Waals surface area contributed by atoms with Crippen LogP contribution in [0.2, 0.25) is 0 Å². The monoisotopic (exact) mass is 403 g/mol. The third-order valence-corrected chi connectivity index (χ3v) is 5.35. The number of nitrogens with zero attached hydrogens (tertiary/aromatic N) is 1. The number of hydrogen-bond acceptors (Lipinski definition) is 2. The fourth-order valence-electron chi connectivity index (χ4n) is 2.57. The number of benzene rings is 3. The van der Waals surface area contributed by atoms with E-state index in [0.717, 1.165) is 17.7 Å². The highest BCUT2D eigenvalue weighted by Crippen LogP contribution is 2.29. The Balaban J connectivity index is 2.13. The van der Waals surface area contributed by atoms with Crippen molar-refractivity contribution in [2.45, 2.75) is 18.0 Å². The van der Waals surface area contributed by atoms with E-state index in [1.54, 1.807) is 42.5 Å². The third kappa shape index (κ3) is 4.48. The molecule has 0 aliphatic heterocycles. The summed E-state index contributed by atoms with van der Waals surface area (Å²) in [5.74, 6) is 0. The zero-order chi connectivity index (χ0) is 20.4. The van der Waals surface area contributed by atoms with Crippen molar-refractivity contribution in [3.8, 4) is 0 Å². The van der Waals surface area contributed by atoms with Gasteiger partial charge >= 0.3 is 6.18 Å². The summed E-state index contributed by atoms with van der Waals surface area (Å²) in [6.07, 6.45) is -4.48. The molecule has 0 spiro atoms. The molecule has 0 heterocycles. The second-order valence-electron chi connectivity index (χ2n) is 6.17. The number of aryl methyl sites for hydroxylation is 1. The number of rotatable bonds is 4. The lowest BCUT2D eigenvalue weighted by Crippen LogP contribution is -2.10. The van der Waals surface area contributed by atoms with Gasteiger partial charge in [0.25, 0.3) is 10.0 Å². The quantitative estimate of drug-likeness (QED) is 0.559. The van der Waals surface area contributed by atoms with E-state index in [-0.39, 0.29) is 16.2 Å². The molecule has 3 rings (SSSR count). The van der Waals surface area contributed by atoms with Gasteiger partial charge in [-0.1, -0.05) is 60.2 Å². The average molecular weight is 403 g/mol. The molecule has 0 aliphatic rings. The van der Waals surface area contributed by atoms with E-state index in [0.29, 0.717) is 5.56 Å². The summed E-state index contributed by atoms with van der Waals surface area (Å²) in [4.78, 5) is 0.0124. The summed E-state index contributed by atoms with van der Waals surface area (Å²) in [6, 6.07) is 18.9. The van der Waals surface area contributed by atoms with Crippen LogP contribution in [-0.2, 0) is 16.2 Å². The van der Waals surface area contributed by atoms with Gasteiger partial charge in [-0.3, -0.25) is 0 Å². The molecular weight excluding hydrogens is 387 g/mol. The first-order chi connectivity index (χ1) is 13.2. The summed E-state index contributed by atoms with van der Waals surface area (Å²) in [6.45, 7) is 1.83. The minimum absolute atomic E-state index is 0.0124. The fourth-order valence-corrected chi connectivity index (χ4v) is 3.60. The lowest BCUT2D eigenvalue weighted by atomic mass is 10.0. The van der Waals surface area contributed by atoms with Gasteiger partial charge < -0.3 is 0 Å². The highest BCUT2D eigenvalue weighted by Gasteiger charge is 2.30. The first kappa shape index (κ1) is 19.8. The van der Waals surface area contributed by atoms with Gasteiger partial charge in [0.2, 0.25) is 0 Å². The number of hydrogen-bond donors (Lipinski definition) is 0. The van der Waals surface area contributed by atoms with Crippen molar-refractivity contribution in [2.24, 2.45) is 4.40 Å². The first-order valence-corrected chi connectivity index (χ1v) is 9.75. The molecular formula is C21H16F3NO2S. The van der Waals surface area contributed by atoms with Crippen LogP contribution >= 0.6 is 0 Å². The minimum atomic E-state index is -4.48. The van der Waals surface area contributed by atoms with E-state index in [9.17, 15) is 21.6 Å². The molecule has 0 aromatic heterocycles. The highest BCUT2D eigenvalue weighted by molar-refractivity contribution is 7.90. The van der Waals surface area contributed by atoms with Crippen molar-refractivity contribution in [3.63, 3.8) is 0 Å². The van der Waals surface area contributed by atoms with Crippen LogP contribution < -0.4 is 0 Å². The van der Waals surface area contributed by atoms with Crippen LogP contribution in [0.1, 0.15) is 22.3 Å². The van der Waals surface area contributed by atoms with E-state index in [1.807, 2.05) is 6.92 Å². The van der Waals surface area contributed by atoms with Crippen LogP contribution in [0.3, 0.4) is 0 Å². The van der Waals surface area contributed by atoms with Crippen molar-refractivity contribution >= 4 is 15.7 Å². The van der Waals surface area contributed by atoms with Gasteiger partial charge in [0, 0.05) is 11.1 Å². The Morgan fingerprint density at radius 1 is 0.786 bits per heavy atom. The molecule has 0 atom stereocenters. The van der Waals surface area contributed by atoms with Gasteiger partial charge in [0.15, 0.2) is 0 Å². The van der Waals surface area contributed by atoms with Crippen LogP contribution in [0.15, 0.2) is 88.2 Å². The zero-order valence-corrected chi connectivity index (χ0v) is 15.6. The summed E-state index contributed by atoms with van der Waals surface area (Å²) in [5, 5.41) is 0. The molecule has 0 aliphatic carbocycles. The van der Waals surface area contributed by atoms with Crippen molar-refractivity contribution < 1.29 is 21.6 Å². The van der Waals surface area contributed by atoms with Gasteiger partial charge in [0.1, 0.15) is 0 Å². The Kier molecular flexibility index (Phi) is 5.38. The molecule has 0 N–H and O–H groups in total. The van der Waals surface area contributed by atoms with Crippen LogP contribution in [0.4, 0.5) is 13.2 Å². The predicted molar refractivity (Wildman–Crippen MR) is 102 cm³/mol. The summed E-state index contributed by atoms with van der Waals surface area (Å²) in [5.41, 5.74) is 0.918. The van der Waals surface area contributed by atoms with E-state index < -0.39 is 21.8 Å². The maximum atomic E-state index is 12.8. The van der Waals surface area contributed by atoms with E-state index in [2.05, 4.69) is 4.40 Å². The van der Waals surface area contributed by atoms with Gasteiger partial charge in [-0.15, -0.1) is 0 Å². The Hall–Kier alpha value is -2.93. The SMILES string of the molecule is Cc1ccc(S(=O)(=O)/N=C(\c2ccccc2)c2ccc(C(F)(F)F)cc2)cc1. The normalized spacial score (nSPS) is 12.8. The lowest BCUT2D eigenvalue weighted by Gasteiger charge is -2.10. The first-order valence-electron chi connectivity index (χ1n) is 8.31. The Morgan fingerprint density at radius 3 is 1.86 bits per heavy atom. The lowest BCUT2D eigenvalue weighted by molar-refractivity contribution is -0.137. The highest BCUT2D eigenvalue weighted by atomic mass is 32.2. The molecule has 3 nitrogen and oxygen atoms in total. The maximum absolute atomic E-state index is 12.8. The molecule has 0 saturated heterocycles. The van der Waals surface area contributed by atoms with E-state index in [4.69, 9.17) is 0 Å². The number of halogens is 3. The average Bonchev–Trinajstić information content (AvgIpc) is 2.67. The van der Waals surface area contributed by atoms with Gasteiger partial charge in [-0.25, -0.2) is 0 Å². The predicted octanol–water partition coefficient (Wildman–Crippen LogP) is 5.24. The largest absolute Gasteiger partial charge is 0.416 e. The van der Waals surface area contributed by atoms with Crippen molar-refractivity contribution in [1.82, 2.24) is 0 Å². The molecule has 3 aromatic carbocycles. The molecule has 3 aromatic rings. The molecule has 7 heteroatoms. The Labute approximate surface area is 161 Å². The van der Waals surface area contributed by atoms with Crippen molar-refractivity contribution in [1.29, 1.82) is 0 Å².